The van der Waals surface area contributed by atoms with Crippen molar-refractivity contribution in [3.8, 4) is 11.5 Å². The van der Waals surface area contributed by atoms with Gasteiger partial charge in [-0.3, -0.25) is 9.59 Å². The van der Waals surface area contributed by atoms with Crippen molar-refractivity contribution < 1.29 is 19.1 Å². The molecule has 0 bridgehead atoms. The summed E-state index contributed by atoms with van der Waals surface area (Å²) in [5.74, 6) is 1.02. The second kappa shape index (κ2) is 11.6. The lowest BCUT2D eigenvalue weighted by molar-refractivity contribution is -0.117. The maximum atomic E-state index is 13.4. The number of carbonyl (C=O) groups is 2. The summed E-state index contributed by atoms with van der Waals surface area (Å²) in [6, 6.07) is 9.32. The quantitative estimate of drug-likeness (QED) is 0.306. The molecule has 0 unspecified atom stereocenters. The number of benzene rings is 2. The van der Waals surface area contributed by atoms with Gasteiger partial charge in [-0.15, -0.1) is 6.58 Å². The van der Waals surface area contributed by atoms with E-state index in [0.717, 1.165) is 64.9 Å². The van der Waals surface area contributed by atoms with Gasteiger partial charge >= 0.3 is 0 Å². The van der Waals surface area contributed by atoms with Gasteiger partial charge in [0.2, 0.25) is 0 Å². The normalized spacial score (nSPS) is 17.8. The first-order chi connectivity index (χ1) is 18.8. The number of hydrogen-bond acceptors (Lipinski definition) is 5. The van der Waals surface area contributed by atoms with E-state index in [2.05, 4.69) is 17.5 Å². The van der Waals surface area contributed by atoms with E-state index in [9.17, 15) is 9.59 Å². The molecular weight excluding hydrogens is 533 g/mol. The molecule has 0 saturated heterocycles. The second-order valence-corrected chi connectivity index (χ2v) is 11.1. The Morgan fingerprint density at radius 1 is 0.949 bits per heavy atom. The molecule has 0 N–H and O–H groups in total. The lowest BCUT2D eigenvalue weighted by atomic mass is 9.71. The predicted octanol–water partition coefficient (Wildman–Crippen LogP) is 7.74. The minimum Gasteiger partial charge on any atom is -0.490 e. The minimum absolute atomic E-state index is 0.124. The molecule has 0 spiro atoms. The fourth-order valence-corrected chi connectivity index (χ4v) is 6.52. The van der Waals surface area contributed by atoms with Crippen LogP contribution in [0.3, 0.4) is 0 Å². The van der Waals surface area contributed by atoms with Crippen molar-refractivity contribution in [2.45, 2.75) is 64.4 Å². The Bertz CT molecular complexity index is 1360. The molecule has 3 aliphatic rings. The number of nitrogens with zero attached hydrogens (tertiary/aromatic N) is 1. The monoisotopic (exact) mass is 565 g/mol. The van der Waals surface area contributed by atoms with Gasteiger partial charge in [0, 0.05) is 69.5 Å². The number of ether oxygens (including phenoxy) is 2. The molecule has 0 radical (unpaired) electrons. The number of halogens is 2. The van der Waals surface area contributed by atoms with Crippen LogP contribution in [0.4, 0.5) is 0 Å². The van der Waals surface area contributed by atoms with Gasteiger partial charge in [0.25, 0.3) is 0 Å². The van der Waals surface area contributed by atoms with Crippen molar-refractivity contribution in [1.29, 1.82) is 0 Å². The van der Waals surface area contributed by atoms with Crippen molar-refractivity contribution in [3.63, 3.8) is 0 Å². The third-order valence-corrected chi connectivity index (χ3v) is 8.37. The molecule has 0 amide bonds. The number of carbonyl (C=O) groups excluding carboxylic acids is 2. The zero-order valence-electron chi connectivity index (χ0n) is 22.4. The molecule has 0 fully saturated rings. The summed E-state index contributed by atoms with van der Waals surface area (Å²) in [4.78, 5) is 29.0. The van der Waals surface area contributed by atoms with Gasteiger partial charge in [0.15, 0.2) is 23.1 Å². The van der Waals surface area contributed by atoms with Crippen molar-refractivity contribution in [1.82, 2.24) is 4.90 Å². The van der Waals surface area contributed by atoms with Gasteiger partial charge in [0.1, 0.15) is 6.61 Å². The highest BCUT2D eigenvalue weighted by Crippen LogP contribution is 2.50. The fraction of sp³-hybridized carbons (Fsp3) is 0.375. The van der Waals surface area contributed by atoms with Crippen molar-refractivity contribution in [2.24, 2.45) is 0 Å². The Balaban J connectivity index is 1.64. The molecule has 1 heterocycles. The number of hydrogen-bond donors (Lipinski definition) is 0. The van der Waals surface area contributed by atoms with E-state index in [4.69, 9.17) is 32.7 Å². The number of allylic oxidation sites excluding steroid dienone is 5. The van der Waals surface area contributed by atoms with Crippen LogP contribution >= 0.6 is 23.2 Å². The Morgan fingerprint density at radius 3 is 2.21 bits per heavy atom. The summed E-state index contributed by atoms with van der Waals surface area (Å²) >= 11 is 12.5. The molecule has 5 nitrogen and oxygen atoms in total. The fourth-order valence-electron chi connectivity index (χ4n) is 6.06. The topological polar surface area (TPSA) is 55.8 Å². The highest BCUT2D eigenvalue weighted by atomic mass is 35.5. The van der Waals surface area contributed by atoms with Gasteiger partial charge in [-0.2, -0.15) is 0 Å². The zero-order chi connectivity index (χ0) is 27.7. The Kier molecular flexibility index (Phi) is 8.20. The highest BCUT2D eigenvalue weighted by molar-refractivity contribution is 6.35. The van der Waals surface area contributed by atoms with Crippen molar-refractivity contribution in [2.75, 3.05) is 13.7 Å². The van der Waals surface area contributed by atoms with Crippen LogP contribution in [-0.2, 0) is 22.6 Å². The zero-order valence-corrected chi connectivity index (χ0v) is 24.0. The van der Waals surface area contributed by atoms with E-state index < -0.39 is 5.92 Å². The highest BCUT2D eigenvalue weighted by Gasteiger charge is 2.42. The van der Waals surface area contributed by atoms with Crippen LogP contribution in [0, 0.1) is 0 Å². The Morgan fingerprint density at radius 2 is 1.62 bits per heavy atom. The minimum atomic E-state index is -0.408. The van der Waals surface area contributed by atoms with Gasteiger partial charge in [-0.25, -0.2) is 0 Å². The summed E-state index contributed by atoms with van der Waals surface area (Å²) < 4.78 is 12.4. The van der Waals surface area contributed by atoms with Gasteiger partial charge in [-0.1, -0.05) is 41.4 Å². The number of ketones is 2. The summed E-state index contributed by atoms with van der Waals surface area (Å²) in [7, 11) is 2.01. The van der Waals surface area contributed by atoms with Crippen LogP contribution in [0.15, 0.2) is 65.5 Å². The second-order valence-electron chi connectivity index (χ2n) is 10.2. The smallest absolute Gasteiger partial charge is 0.165 e. The number of Topliss-reactive ketones (excluding diaryl/α,β-unsaturated/α-hetero) is 2. The average molecular weight is 567 g/mol. The van der Waals surface area contributed by atoms with Crippen LogP contribution in [-0.4, -0.2) is 30.1 Å². The third kappa shape index (κ3) is 5.27. The summed E-state index contributed by atoms with van der Waals surface area (Å²) in [5.41, 5.74) is 6.17. The first-order valence-electron chi connectivity index (χ1n) is 13.6. The van der Waals surface area contributed by atoms with Crippen LogP contribution in [0.5, 0.6) is 11.5 Å². The first kappa shape index (κ1) is 27.5. The third-order valence-electron chi connectivity index (χ3n) is 7.78. The first-order valence-corrected chi connectivity index (χ1v) is 14.3. The van der Waals surface area contributed by atoms with E-state index in [1.807, 2.05) is 32.2 Å². The lowest BCUT2D eigenvalue weighted by Gasteiger charge is -2.42. The summed E-state index contributed by atoms with van der Waals surface area (Å²) in [6.45, 7) is 6.54. The van der Waals surface area contributed by atoms with E-state index in [1.54, 1.807) is 12.1 Å². The maximum absolute atomic E-state index is 13.4. The van der Waals surface area contributed by atoms with Crippen molar-refractivity contribution >= 4 is 34.8 Å². The molecule has 0 atom stereocenters. The molecule has 39 heavy (non-hydrogen) atoms. The van der Waals surface area contributed by atoms with Gasteiger partial charge < -0.3 is 14.4 Å². The molecule has 204 valence electrons. The van der Waals surface area contributed by atoms with Crippen LogP contribution in [0.1, 0.15) is 68.1 Å². The standard InChI is InChI=1S/C32H33Cl2NO4/c1-4-8-19-15-21(16-28(38-5-2)32(19)39-18-20-13-14-22(33)17-23(20)34)29-30-24(9-6-11-26(30)36)35(3)25-10-7-12-27(37)31(25)29/h4,13-17,29H,1,5-12,18H2,2-3H3. The molecule has 7 heteroatoms. The average Bonchev–Trinajstić information content (AvgIpc) is 2.90. The molecule has 2 aromatic rings. The van der Waals surface area contributed by atoms with Crippen LogP contribution in [0.25, 0.3) is 0 Å². The van der Waals surface area contributed by atoms with E-state index in [0.29, 0.717) is 47.4 Å². The Hall–Kier alpha value is -3.02. The lowest BCUT2D eigenvalue weighted by Crippen LogP contribution is -2.37. The van der Waals surface area contributed by atoms with E-state index in [1.165, 1.54) is 0 Å². The van der Waals surface area contributed by atoms with Gasteiger partial charge in [0.05, 0.1) is 6.61 Å². The van der Waals surface area contributed by atoms with Gasteiger partial charge in [-0.05, 0) is 62.8 Å². The largest absolute Gasteiger partial charge is 0.490 e. The summed E-state index contributed by atoms with van der Waals surface area (Å²) in [5, 5.41) is 1.09. The number of rotatable bonds is 8. The molecule has 2 aliphatic carbocycles. The SMILES string of the molecule is C=CCc1cc(C2C3=C(CCCC3=O)N(C)C3=C2C(=O)CCC3)cc(OCC)c1OCc1ccc(Cl)cc1Cl. The molecule has 0 aromatic heterocycles. The Labute approximate surface area is 240 Å². The molecule has 5 rings (SSSR count). The molecule has 0 saturated carbocycles. The molecule has 1 aliphatic heterocycles. The van der Waals surface area contributed by atoms with E-state index >= 15 is 0 Å². The molecular formula is C32H33Cl2NO4. The molecule has 2 aromatic carbocycles. The van der Waals surface area contributed by atoms with Crippen LogP contribution < -0.4 is 9.47 Å². The summed E-state index contributed by atoms with van der Waals surface area (Å²) in [6.07, 6.45) is 6.68. The maximum Gasteiger partial charge on any atom is 0.165 e. The predicted molar refractivity (Wildman–Crippen MR) is 155 cm³/mol. The van der Waals surface area contributed by atoms with E-state index in [-0.39, 0.29) is 18.2 Å². The van der Waals surface area contributed by atoms with Crippen molar-refractivity contribution in [3.05, 3.63) is 92.3 Å². The van der Waals surface area contributed by atoms with Crippen LogP contribution in [0.2, 0.25) is 10.0 Å².